The number of hydrogen-bond donors (Lipinski definition) is 0. The highest BCUT2D eigenvalue weighted by atomic mass is 16.6. The fraction of sp³-hybridized carbons (Fsp3) is 0. The topological polar surface area (TPSA) is 113 Å². The molecule has 0 bridgehead atoms. The van der Waals surface area contributed by atoms with Crippen LogP contribution in [-0.4, -0.2) is 15.8 Å². The largest absolute Gasteiger partial charge is 0.422 e. The van der Waals surface area contributed by atoms with E-state index in [1.165, 1.54) is 12.1 Å². The van der Waals surface area contributed by atoms with Gasteiger partial charge in [0.15, 0.2) is 0 Å². The molecule has 1 heterocycles. The molecule has 8 heteroatoms. The van der Waals surface area contributed by atoms with Crippen LogP contribution in [0.1, 0.15) is 11.1 Å². The van der Waals surface area contributed by atoms with Gasteiger partial charge in [0.05, 0.1) is 27.0 Å². The number of nitro benzene ring substituents is 2. The third-order valence-electron chi connectivity index (χ3n) is 3.32. The Bertz CT molecular complexity index is 887. The number of esters is 1. The van der Waals surface area contributed by atoms with E-state index in [0.29, 0.717) is 11.3 Å². The number of ether oxygens (including phenoxy) is 1. The van der Waals surface area contributed by atoms with Gasteiger partial charge in [-0.05, 0) is 18.2 Å². The highest BCUT2D eigenvalue weighted by Crippen LogP contribution is 2.36. The summed E-state index contributed by atoms with van der Waals surface area (Å²) in [6, 6.07) is 9.91. The number of para-hydroxylation sites is 1. The number of nitro groups is 2. The molecule has 0 fully saturated rings. The monoisotopic (exact) mass is 312 g/mol. The summed E-state index contributed by atoms with van der Waals surface area (Å²) in [5.41, 5.74) is -0.0795. The second-order valence-electron chi connectivity index (χ2n) is 4.70. The Labute approximate surface area is 128 Å². The summed E-state index contributed by atoms with van der Waals surface area (Å²) in [6.45, 7) is 0. The first-order valence-electron chi connectivity index (χ1n) is 6.43. The number of nitrogens with zero attached hydrogens (tertiary/aromatic N) is 2. The maximum absolute atomic E-state index is 11.9. The average Bonchev–Trinajstić information content (AvgIpc) is 2.83. The minimum atomic E-state index is -0.731. The van der Waals surface area contributed by atoms with Crippen LogP contribution in [0.4, 0.5) is 11.4 Å². The summed E-state index contributed by atoms with van der Waals surface area (Å²) in [5.74, 6) is -0.257. The Morgan fingerprint density at radius 3 is 2.43 bits per heavy atom. The van der Waals surface area contributed by atoms with E-state index in [2.05, 4.69) is 0 Å². The minimum Gasteiger partial charge on any atom is -0.422 e. The normalized spacial score (nSPS) is 14.4. The number of carbonyl (C=O) groups is 1. The van der Waals surface area contributed by atoms with Gasteiger partial charge in [0, 0.05) is 11.6 Å². The van der Waals surface area contributed by atoms with Crippen molar-refractivity contribution in [3.8, 4) is 5.75 Å². The predicted molar refractivity (Wildman–Crippen MR) is 79.7 cm³/mol. The fourth-order valence-corrected chi connectivity index (χ4v) is 2.26. The SMILES string of the molecule is O=C1Oc2ccccc2/C1=C/c1ccc([N+](=O)[O-])cc1[N+](=O)[O-]. The van der Waals surface area contributed by atoms with Crippen LogP contribution in [-0.2, 0) is 4.79 Å². The molecule has 8 nitrogen and oxygen atoms in total. The second kappa shape index (κ2) is 5.34. The van der Waals surface area contributed by atoms with Crippen molar-refractivity contribution in [3.63, 3.8) is 0 Å². The third kappa shape index (κ3) is 2.53. The molecular weight excluding hydrogens is 304 g/mol. The molecule has 114 valence electrons. The van der Waals surface area contributed by atoms with Crippen LogP contribution in [0.5, 0.6) is 5.75 Å². The number of non-ortho nitro benzene ring substituents is 1. The van der Waals surface area contributed by atoms with Crippen molar-refractivity contribution in [2.45, 2.75) is 0 Å². The Balaban J connectivity index is 2.14. The highest BCUT2D eigenvalue weighted by molar-refractivity contribution is 6.26. The van der Waals surface area contributed by atoms with Gasteiger partial charge in [-0.1, -0.05) is 18.2 Å². The van der Waals surface area contributed by atoms with E-state index in [0.717, 1.165) is 12.1 Å². The van der Waals surface area contributed by atoms with E-state index in [1.54, 1.807) is 24.3 Å². The first kappa shape index (κ1) is 14.4. The van der Waals surface area contributed by atoms with E-state index in [4.69, 9.17) is 4.74 Å². The van der Waals surface area contributed by atoms with Gasteiger partial charge >= 0.3 is 5.97 Å². The lowest BCUT2D eigenvalue weighted by atomic mass is 10.0. The summed E-state index contributed by atoms with van der Waals surface area (Å²) in [4.78, 5) is 32.3. The molecule has 0 saturated heterocycles. The Hall–Kier alpha value is -3.55. The van der Waals surface area contributed by atoms with Gasteiger partial charge in [0.1, 0.15) is 5.75 Å². The third-order valence-corrected chi connectivity index (χ3v) is 3.32. The van der Waals surface area contributed by atoms with Crippen molar-refractivity contribution >= 4 is 29.0 Å². The maximum Gasteiger partial charge on any atom is 0.344 e. The zero-order valence-electron chi connectivity index (χ0n) is 11.5. The van der Waals surface area contributed by atoms with Crippen LogP contribution in [0, 0.1) is 20.2 Å². The van der Waals surface area contributed by atoms with Crippen molar-refractivity contribution in [3.05, 3.63) is 73.8 Å². The molecule has 0 aromatic heterocycles. The van der Waals surface area contributed by atoms with Crippen LogP contribution in [0.2, 0.25) is 0 Å². The molecule has 0 N–H and O–H groups in total. The lowest BCUT2D eigenvalue weighted by molar-refractivity contribution is -0.394. The summed E-state index contributed by atoms with van der Waals surface area (Å²) in [6.07, 6.45) is 1.30. The minimum absolute atomic E-state index is 0.0873. The van der Waals surface area contributed by atoms with Crippen LogP contribution in [0.3, 0.4) is 0 Å². The standard InChI is InChI=1S/C15H8N2O6/c18-15-12(11-3-1-2-4-14(11)23-15)7-9-5-6-10(16(19)20)8-13(9)17(21)22/h1-8H/b12-7-. The van der Waals surface area contributed by atoms with E-state index in [9.17, 15) is 25.0 Å². The average molecular weight is 312 g/mol. The van der Waals surface area contributed by atoms with Gasteiger partial charge in [-0.15, -0.1) is 0 Å². The van der Waals surface area contributed by atoms with Gasteiger partial charge in [0.2, 0.25) is 0 Å². The molecule has 1 aliphatic rings. The van der Waals surface area contributed by atoms with Crippen molar-refractivity contribution in [2.24, 2.45) is 0 Å². The molecule has 3 rings (SSSR count). The van der Waals surface area contributed by atoms with Crippen molar-refractivity contribution in [1.82, 2.24) is 0 Å². The Morgan fingerprint density at radius 1 is 1.00 bits per heavy atom. The van der Waals surface area contributed by atoms with Gasteiger partial charge in [-0.2, -0.15) is 0 Å². The first-order valence-corrected chi connectivity index (χ1v) is 6.43. The molecular formula is C15H8N2O6. The lowest BCUT2D eigenvalue weighted by Gasteiger charge is -2.00. The second-order valence-corrected chi connectivity index (χ2v) is 4.70. The van der Waals surface area contributed by atoms with E-state index in [1.807, 2.05) is 0 Å². The number of rotatable bonds is 3. The summed E-state index contributed by atoms with van der Waals surface area (Å²) >= 11 is 0. The predicted octanol–water partition coefficient (Wildman–Crippen LogP) is 2.96. The fourth-order valence-electron chi connectivity index (χ4n) is 2.26. The number of benzene rings is 2. The van der Waals surface area contributed by atoms with Gasteiger partial charge in [-0.3, -0.25) is 20.2 Å². The van der Waals surface area contributed by atoms with E-state index >= 15 is 0 Å². The Kier molecular flexibility index (Phi) is 3.34. The van der Waals surface area contributed by atoms with Crippen LogP contribution < -0.4 is 4.74 Å². The molecule has 0 saturated carbocycles. The van der Waals surface area contributed by atoms with Gasteiger partial charge in [-0.25, -0.2) is 4.79 Å². The molecule has 0 amide bonds. The summed E-state index contributed by atoms with van der Waals surface area (Å²) in [5, 5.41) is 21.9. The molecule has 23 heavy (non-hydrogen) atoms. The Morgan fingerprint density at radius 2 is 1.74 bits per heavy atom. The van der Waals surface area contributed by atoms with Crippen LogP contribution >= 0.6 is 0 Å². The van der Waals surface area contributed by atoms with Crippen LogP contribution in [0.25, 0.3) is 11.6 Å². The van der Waals surface area contributed by atoms with Crippen molar-refractivity contribution in [2.75, 3.05) is 0 Å². The summed E-state index contributed by atoms with van der Waals surface area (Å²) < 4.78 is 5.07. The molecule has 2 aromatic carbocycles. The molecule has 0 spiro atoms. The molecule has 2 aromatic rings. The zero-order chi connectivity index (χ0) is 16.6. The quantitative estimate of drug-likeness (QED) is 0.283. The number of hydrogen-bond acceptors (Lipinski definition) is 6. The van der Waals surface area contributed by atoms with Crippen molar-refractivity contribution in [1.29, 1.82) is 0 Å². The first-order chi connectivity index (χ1) is 11.0. The number of carbonyl (C=O) groups excluding carboxylic acids is 1. The maximum atomic E-state index is 11.9. The van der Waals surface area contributed by atoms with E-state index in [-0.39, 0.29) is 11.1 Å². The molecule has 0 radical (unpaired) electrons. The van der Waals surface area contributed by atoms with Gasteiger partial charge < -0.3 is 4.74 Å². The zero-order valence-corrected chi connectivity index (χ0v) is 11.5. The van der Waals surface area contributed by atoms with Gasteiger partial charge in [0.25, 0.3) is 11.4 Å². The lowest BCUT2D eigenvalue weighted by Crippen LogP contribution is -2.01. The highest BCUT2D eigenvalue weighted by Gasteiger charge is 2.28. The molecule has 0 unspecified atom stereocenters. The summed E-state index contributed by atoms with van der Waals surface area (Å²) in [7, 11) is 0. The van der Waals surface area contributed by atoms with Crippen molar-refractivity contribution < 1.29 is 19.4 Å². The van der Waals surface area contributed by atoms with Crippen LogP contribution in [0.15, 0.2) is 42.5 Å². The number of fused-ring (bicyclic) bond motifs is 1. The molecule has 0 aliphatic carbocycles. The van der Waals surface area contributed by atoms with E-state index < -0.39 is 27.2 Å². The molecule has 1 aliphatic heterocycles. The smallest absolute Gasteiger partial charge is 0.344 e. The molecule has 0 atom stereocenters.